The molecule has 0 saturated carbocycles. The maximum atomic E-state index is 13.9. The third-order valence-corrected chi connectivity index (χ3v) is 6.79. The minimum Gasteiger partial charge on any atom is -0.467 e. The Bertz CT molecular complexity index is 1290. The van der Waals surface area contributed by atoms with Gasteiger partial charge in [0, 0.05) is 37.1 Å². The van der Waals surface area contributed by atoms with Crippen LogP contribution in [0.5, 0.6) is 0 Å². The van der Waals surface area contributed by atoms with Gasteiger partial charge in [0.15, 0.2) is 0 Å². The molecule has 10 heteroatoms. The predicted molar refractivity (Wildman–Crippen MR) is 127 cm³/mol. The number of benzene rings is 2. The molecule has 37 heavy (non-hydrogen) atoms. The summed E-state index contributed by atoms with van der Waals surface area (Å²) in [5, 5.41) is 2.77. The van der Waals surface area contributed by atoms with Gasteiger partial charge in [0.05, 0.1) is 19.4 Å². The summed E-state index contributed by atoms with van der Waals surface area (Å²) in [5.41, 5.74) is -0.693. The molecule has 1 atom stereocenters. The Morgan fingerprint density at radius 2 is 1.68 bits per heavy atom. The molecule has 2 aliphatic heterocycles. The van der Waals surface area contributed by atoms with Crippen molar-refractivity contribution < 1.29 is 32.3 Å². The first-order chi connectivity index (χ1) is 17.9. The summed E-state index contributed by atoms with van der Waals surface area (Å²) in [6, 6.07) is 13.1. The van der Waals surface area contributed by atoms with Gasteiger partial charge in [-0.1, -0.05) is 6.07 Å². The lowest BCUT2D eigenvalue weighted by Crippen LogP contribution is -2.59. The maximum Gasteiger partial charge on any atom is 0.256 e. The van der Waals surface area contributed by atoms with Gasteiger partial charge in [-0.25, -0.2) is 8.78 Å². The topological polar surface area (TPSA) is 92.1 Å². The fourth-order valence-electron chi connectivity index (χ4n) is 4.87. The summed E-state index contributed by atoms with van der Waals surface area (Å²) in [4.78, 5) is 42.7. The van der Waals surface area contributed by atoms with E-state index in [0.29, 0.717) is 11.3 Å². The van der Waals surface area contributed by atoms with Crippen molar-refractivity contribution in [3.8, 4) is 0 Å². The van der Waals surface area contributed by atoms with E-state index < -0.39 is 35.2 Å². The third-order valence-electron chi connectivity index (χ3n) is 6.79. The van der Waals surface area contributed by atoms with Crippen molar-refractivity contribution in [2.75, 3.05) is 19.7 Å². The van der Waals surface area contributed by atoms with Gasteiger partial charge in [-0.3, -0.25) is 19.3 Å². The zero-order valence-corrected chi connectivity index (χ0v) is 19.9. The van der Waals surface area contributed by atoms with Gasteiger partial charge in [-0.05, 0) is 54.6 Å². The molecule has 2 aromatic carbocycles. The Morgan fingerprint density at radius 3 is 2.35 bits per heavy atom. The summed E-state index contributed by atoms with van der Waals surface area (Å²) in [6.45, 7) is 0.599. The van der Waals surface area contributed by atoms with Gasteiger partial charge < -0.3 is 19.4 Å². The molecule has 0 radical (unpaired) electrons. The number of nitrogens with one attached hydrogen (secondary N) is 1. The van der Waals surface area contributed by atoms with Gasteiger partial charge in [-0.15, -0.1) is 0 Å². The summed E-state index contributed by atoms with van der Waals surface area (Å²) >= 11 is 0. The number of amides is 3. The quantitative estimate of drug-likeness (QED) is 0.570. The van der Waals surface area contributed by atoms with Crippen LogP contribution in [-0.2, 0) is 16.1 Å². The number of piperidine rings is 1. The zero-order valence-electron chi connectivity index (χ0n) is 19.9. The summed E-state index contributed by atoms with van der Waals surface area (Å²) in [6.07, 6.45) is 2.00. The van der Waals surface area contributed by atoms with Gasteiger partial charge in [0.1, 0.15) is 29.2 Å². The molecule has 0 aliphatic carbocycles. The van der Waals surface area contributed by atoms with Gasteiger partial charge in [0.2, 0.25) is 5.91 Å². The highest BCUT2D eigenvalue weighted by Gasteiger charge is 2.54. The molecule has 1 N–H and O–H groups in total. The number of ether oxygens (including phenoxy) is 1. The fraction of sp³-hybridized carbons (Fsp3) is 0.296. The van der Waals surface area contributed by atoms with Crippen molar-refractivity contribution in [3.05, 3.63) is 95.4 Å². The normalized spacial score (nSPS) is 18.7. The smallest absolute Gasteiger partial charge is 0.256 e. The largest absolute Gasteiger partial charge is 0.467 e. The summed E-state index contributed by atoms with van der Waals surface area (Å²) < 4.78 is 38.6. The van der Waals surface area contributed by atoms with Crippen molar-refractivity contribution in [3.63, 3.8) is 0 Å². The lowest BCUT2D eigenvalue weighted by Gasteiger charge is -2.44. The van der Waals surface area contributed by atoms with Crippen LogP contribution in [0, 0.1) is 11.6 Å². The summed E-state index contributed by atoms with van der Waals surface area (Å²) in [5.74, 6) is -1.67. The highest BCUT2D eigenvalue weighted by molar-refractivity contribution is 5.98. The number of rotatable bonds is 5. The van der Waals surface area contributed by atoms with Crippen LogP contribution in [-0.4, -0.2) is 59.0 Å². The van der Waals surface area contributed by atoms with E-state index in [2.05, 4.69) is 5.32 Å². The van der Waals surface area contributed by atoms with Gasteiger partial charge in [-0.2, -0.15) is 0 Å². The zero-order chi connectivity index (χ0) is 26.0. The van der Waals surface area contributed by atoms with Crippen LogP contribution in [0.25, 0.3) is 0 Å². The second-order valence-corrected chi connectivity index (χ2v) is 9.05. The van der Waals surface area contributed by atoms with E-state index in [-0.39, 0.29) is 50.6 Å². The molecule has 1 unspecified atom stereocenters. The minimum atomic E-state index is -1.14. The molecular weight excluding hydrogens is 484 g/mol. The van der Waals surface area contributed by atoms with Crippen LogP contribution in [0.3, 0.4) is 0 Å². The van der Waals surface area contributed by atoms with E-state index in [1.54, 1.807) is 17.0 Å². The highest BCUT2D eigenvalue weighted by atomic mass is 19.1. The standard InChI is InChI=1S/C27H25F2N3O5/c28-20-8-6-18(7-9-20)25(34)31-12-10-27(11-13-31)32(26(35)19-3-1-4-21(29)15-19)23(17-37-27)24(33)30-16-22-5-2-14-36-22/h1-9,14-15,23H,10-13,16-17H2,(H,30,33). The molecule has 3 heterocycles. The maximum absolute atomic E-state index is 13.9. The Labute approximate surface area is 211 Å². The minimum absolute atomic E-state index is 0.0447. The number of likely N-dealkylation sites (tertiary alicyclic amines) is 1. The van der Waals surface area contributed by atoms with Crippen LogP contribution >= 0.6 is 0 Å². The molecular formula is C27H25F2N3O5. The molecule has 5 rings (SSSR count). The Balaban J connectivity index is 1.36. The van der Waals surface area contributed by atoms with E-state index in [1.807, 2.05) is 0 Å². The monoisotopic (exact) mass is 509 g/mol. The van der Waals surface area contributed by atoms with E-state index in [0.717, 1.165) is 6.07 Å². The molecule has 2 fully saturated rings. The van der Waals surface area contributed by atoms with Crippen LogP contribution in [0.2, 0.25) is 0 Å². The van der Waals surface area contributed by atoms with E-state index in [1.165, 1.54) is 53.6 Å². The number of furan rings is 1. The number of hydrogen-bond acceptors (Lipinski definition) is 5. The number of carbonyl (C=O) groups excluding carboxylic acids is 3. The Morgan fingerprint density at radius 1 is 0.919 bits per heavy atom. The Hall–Kier alpha value is -4.05. The lowest BCUT2D eigenvalue weighted by atomic mass is 9.96. The molecule has 8 nitrogen and oxygen atoms in total. The van der Waals surface area contributed by atoms with Gasteiger partial charge in [0.25, 0.3) is 11.8 Å². The average Bonchev–Trinajstić information content (AvgIpc) is 3.56. The molecule has 0 bridgehead atoms. The fourth-order valence-corrected chi connectivity index (χ4v) is 4.87. The number of carbonyl (C=O) groups is 3. The molecule has 2 aliphatic rings. The molecule has 2 saturated heterocycles. The predicted octanol–water partition coefficient (Wildman–Crippen LogP) is 3.35. The highest BCUT2D eigenvalue weighted by Crippen LogP contribution is 2.39. The first kappa shape index (κ1) is 24.6. The van der Waals surface area contributed by atoms with Crippen LogP contribution in [0.1, 0.15) is 39.3 Å². The third kappa shape index (κ3) is 4.97. The van der Waals surface area contributed by atoms with Crippen molar-refractivity contribution in [2.45, 2.75) is 31.2 Å². The molecule has 3 amide bonds. The lowest BCUT2D eigenvalue weighted by molar-refractivity contribution is -0.128. The second kappa shape index (κ2) is 10.1. The van der Waals surface area contributed by atoms with Crippen LogP contribution < -0.4 is 5.32 Å². The first-order valence-corrected chi connectivity index (χ1v) is 11.9. The van der Waals surface area contributed by atoms with Crippen molar-refractivity contribution in [1.82, 2.24) is 15.1 Å². The SMILES string of the molecule is O=C(NCc1ccco1)C1COC2(CCN(C(=O)c3ccc(F)cc3)CC2)N1C(=O)c1cccc(F)c1. The Kier molecular flexibility index (Phi) is 6.75. The van der Waals surface area contributed by atoms with E-state index in [4.69, 9.17) is 9.15 Å². The van der Waals surface area contributed by atoms with Crippen molar-refractivity contribution in [1.29, 1.82) is 0 Å². The van der Waals surface area contributed by atoms with E-state index >= 15 is 0 Å². The molecule has 1 aromatic heterocycles. The second-order valence-electron chi connectivity index (χ2n) is 9.05. The number of nitrogens with zero attached hydrogens (tertiary/aromatic N) is 2. The van der Waals surface area contributed by atoms with Crippen LogP contribution in [0.15, 0.2) is 71.3 Å². The van der Waals surface area contributed by atoms with E-state index in [9.17, 15) is 23.2 Å². The molecule has 3 aromatic rings. The van der Waals surface area contributed by atoms with Crippen molar-refractivity contribution >= 4 is 17.7 Å². The summed E-state index contributed by atoms with van der Waals surface area (Å²) in [7, 11) is 0. The number of halogens is 2. The average molecular weight is 510 g/mol. The van der Waals surface area contributed by atoms with Gasteiger partial charge >= 0.3 is 0 Å². The van der Waals surface area contributed by atoms with Crippen molar-refractivity contribution in [2.24, 2.45) is 0 Å². The van der Waals surface area contributed by atoms with Crippen LogP contribution in [0.4, 0.5) is 8.78 Å². The molecule has 192 valence electrons. The first-order valence-electron chi connectivity index (χ1n) is 11.9. The molecule has 1 spiro atoms. The number of hydrogen-bond donors (Lipinski definition) is 1.